The molecule has 0 fully saturated rings. The average molecular weight is 162 g/mol. The quantitative estimate of drug-likeness (QED) is 0.456. The molecular formula is C7H14O4. The van der Waals surface area contributed by atoms with Gasteiger partial charge in [0.2, 0.25) is 0 Å². The first-order valence-corrected chi connectivity index (χ1v) is 3.57. The normalized spacial score (nSPS) is 18.9. The van der Waals surface area contributed by atoms with Crippen molar-refractivity contribution in [2.24, 2.45) is 0 Å². The number of hydrogen-bond acceptors (Lipinski definition) is 4. The summed E-state index contributed by atoms with van der Waals surface area (Å²) in [5.41, 5.74) is 0. The summed E-state index contributed by atoms with van der Waals surface area (Å²) in [4.78, 5) is 9.92. The van der Waals surface area contributed by atoms with E-state index in [-0.39, 0.29) is 12.7 Å². The standard InChI is InChI=1S/C7H14O4/c1-5(9)2-3-6(10)7(11)4-8/h4-7,9-11H,2-3H2,1H3. The van der Waals surface area contributed by atoms with Gasteiger partial charge in [-0.3, -0.25) is 0 Å². The predicted molar refractivity (Wildman–Crippen MR) is 39.0 cm³/mol. The molecule has 0 saturated heterocycles. The van der Waals surface area contributed by atoms with E-state index in [1.54, 1.807) is 6.92 Å². The van der Waals surface area contributed by atoms with Crippen molar-refractivity contribution in [2.45, 2.75) is 38.1 Å². The molecule has 4 nitrogen and oxygen atoms in total. The molecule has 66 valence electrons. The van der Waals surface area contributed by atoms with E-state index in [1.807, 2.05) is 0 Å². The van der Waals surface area contributed by atoms with Crippen molar-refractivity contribution in [1.29, 1.82) is 0 Å². The van der Waals surface area contributed by atoms with E-state index in [0.29, 0.717) is 6.42 Å². The molecule has 3 atom stereocenters. The van der Waals surface area contributed by atoms with E-state index < -0.39 is 18.3 Å². The average Bonchev–Trinajstić information content (AvgIpc) is 1.98. The molecule has 0 aromatic rings. The molecule has 0 heterocycles. The van der Waals surface area contributed by atoms with Gasteiger partial charge in [-0.1, -0.05) is 0 Å². The van der Waals surface area contributed by atoms with Crippen LogP contribution in [0.3, 0.4) is 0 Å². The van der Waals surface area contributed by atoms with Gasteiger partial charge in [-0.25, -0.2) is 0 Å². The Morgan fingerprint density at radius 1 is 1.27 bits per heavy atom. The van der Waals surface area contributed by atoms with Gasteiger partial charge in [-0.15, -0.1) is 0 Å². The first kappa shape index (κ1) is 10.6. The summed E-state index contributed by atoms with van der Waals surface area (Å²) in [5.74, 6) is 0. The molecule has 0 aromatic carbocycles. The zero-order valence-corrected chi connectivity index (χ0v) is 6.47. The number of aliphatic hydroxyl groups is 3. The van der Waals surface area contributed by atoms with E-state index >= 15 is 0 Å². The van der Waals surface area contributed by atoms with Crippen LogP contribution in [0.15, 0.2) is 0 Å². The van der Waals surface area contributed by atoms with E-state index in [9.17, 15) is 4.79 Å². The first-order chi connectivity index (χ1) is 5.07. The summed E-state index contributed by atoms with van der Waals surface area (Å²) in [6, 6.07) is 0. The molecule has 0 saturated carbocycles. The number of aldehydes is 1. The minimum absolute atomic E-state index is 0.234. The molecule has 0 bridgehead atoms. The van der Waals surface area contributed by atoms with Gasteiger partial charge in [0.25, 0.3) is 0 Å². The fourth-order valence-corrected chi connectivity index (χ4v) is 0.673. The molecule has 4 heteroatoms. The van der Waals surface area contributed by atoms with Crippen LogP contribution in [-0.4, -0.2) is 39.9 Å². The summed E-state index contributed by atoms with van der Waals surface area (Å²) in [7, 11) is 0. The second kappa shape index (κ2) is 5.23. The third-order valence-electron chi connectivity index (χ3n) is 1.41. The van der Waals surface area contributed by atoms with Crippen molar-refractivity contribution in [2.75, 3.05) is 0 Å². The van der Waals surface area contributed by atoms with Crippen LogP contribution in [0.4, 0.5) is 0 Å². The Labute approximate surface area is 65.5 Å². The van der Waals surface area contributed by atoms with Crippen LogP contribution in [0.5, 0.6) is 0 Å². The van der Waals surface area contributed by atoms with Crippen LogP contribution in [0.25, 0.3) is 0 Å². The van der Waals surface area contributed by atoms with Crippen LogP contribution >= 0.6 is 0 Å². The number of carbonyl (C=O) groups is 1. The van der Waals surface area contributed by atoms with Crippen LogP contribution in [-0.2, 0) is 4.79 Å². The van der Waals surface area contributed by atoms with Crippen molar-refractivity contribution in [3.63, 3.8) is 0 Å². The van der Waals surface area contributed by atoms with Gasteiger partial charge in [0, 0.05) is 0 Å². The lowest BCUT2D eigenvalue weighted by Gasteiger charge is -2.12. The smallest absolute Gasteiger partial charge is 0.151 e. The predicted octanol–water partition coefficient (Wildman–Crippen LogP) is -0.932. The molecule has 0 aliphatic heterocycles. The van der Waals surface area contributed by atoms with Gasteiger partial charge >= 0.3 is 0 Å². The third kappa shape index (κ3) is 4.89. The molecule has 0 aliphatic carbocycles. The van der Waals surface area contributed by atoms with Crippen molar-refractivity contribution in [3.05, 3.63) is 0 Å². The fraction of sp³-hybridized carbons (Fsp3) is 0.857. The Hall–Kier alpha value is -0.450. The number of carbonyl (C=O) groups excluding carboxylic acids is 1. The Morgan fingerprint density at radius 3 is 2.18 bits per heavy atom. The SMILES string of the molecule is CC(O)CCC(O)C(O)C=O. The van der Waals surface area contributed by atoms with Crippen molar-refractivity contribution >= 4 is 6.29 Å². The third-order valence-corrected chi connectivity index (χ3v) is 1.41. The highest BCUT2D eigenvalue weighted by Crippen LogP contribution is 2.03. The van der Waals surface area contributed by atoms with Crippen molar-refractivity contribution in [1.82, 2.24) is 0 Å². The summed E-state index contributed by atoms with van der Waals surface area (Å²) >= 11 is 0. The molecule has 11 heavy (non-hydrogen) atoms. The zero-order valence-electron chi connectivity index (χ0n) is 6.47. The molecule has 0 amide bonds. The minimum Gasteiger partial charge on any atom is -0.393 e. The Balaban J connectivity index is 3.51. The maximum absolute atomic E-state index is 9.92. The molecule has 0 rings (SSSR count). The lowest BCUT2D eigenvalue weighted by Crippen LogP contribution is -2.27. The largest absolute Gasteiger partial charge is 0.393 e. The lowest BCUT2D eigenvalue weighted by atomic mass is 10.1. The second-order valence-electron chi connectivity index (χ2n) is 2.62. The van der Waals surface area contributed by atoms with Gasteiger partial charge in [-0.05, 0) is 19.8 Å². The highest BCUT2D eigenvalue weighted by molar-refractivity contribution is 5.56. The van der Waals surface area contributed by atoms with Gasteiger partial charge in [-0.2, -0.15) is 0 Å². The van der Waals surface area contributed by atoms with Crippen LogP contribution < -0.4 is 0 Å². The molecule has 3 N–H and O–H groups in total. The molecule has 0 radical (unpaired) electrons. The Kier molecular flexibility index (Phi) is 5.02. The minimum atomic E-state index is -1.33. The Bertz CT molecular complexity index is 113. The molecular weight excluding hydrogens is 148 g/mol. The van der Waals surface area contributed by atoms with Gasteiger partial charge in [0.1, 0.15) is 6.10 Å². The summed E-state index contributed by atoms with van der Waals surface area (Å²) in [5, 5.41) is 26.5. The monoisotopic (exact) mass is 162 g/mol. The van der Waals surface area contributed by atoms with E-state index in [2.05, 4.69) is 0 Å². The first-order valence-electron chi connectivity index (χ1n) is 3.57. The van der Waals surface area contributed by atoms with E-state index in [0.717, 1.165) is 0 Å². The lowest BCUT2D eigenvalue weighted by molar-refractivity contribution is -0.120. The molecule has 0 spiro atoms. The molecule has 0 aliphatic rings. The van der Waals surface area contributed by atoms with Crippen molar-refractivity contribution < 1.29 is 20.1 Å². The van der Waals surface area contributed by atoms with Gasteiger partial charge in [0.05, 0.1) is 12.2 Å². The van der Waals surface area contributed by atoms with E-state index in [4.69, 9.17) is 15.3 Å². The van der Waals surface area contributed by atoms with Crippen molar-refractivity contribution in [3.8, 4) is 0 Å². The summed E-state index contributed by atoms with van der Waals surface area (Å²) < 4.78 is 0. The van der Waals surface area contributed by atoms with Gasteiger partial charge in [0.15, 0.2) is 6.29 Å². The topological polar surface area (TPSA) is 77.8 Å². The number of aliphatic hydroxyl groups excluding tert-OH is 3. The Morgan fingerprint density at radius 2 is 1.82 bits per heavy atom. The van der Waals surface area contributed by atoms with Gasteiger partial charge < -0.3 is 20.1 Å². The summed E-state index contributed by atoms with van der Waals surface area (Å²) in [6.07, 6.45) is -1.99. The van der Waals surface area contributed by atoms with E-state index in [1.165, 1.54) is 0 Å². The zero-order chi connectivity index (χ0) is 8.85. The maximum Gasteiger partial charge on any atom is 0.151 e. The number of rotatable bonds is 5. The van der Waals surface area contributed by atoms with Crippen LogP contribution in [0, 0.1) is 0 Å². The number of hydrogen-bond donors (Lipinski definition) is 3. The second-order valence-corrected chi connectivity index (χ2v) is 2.62. The maximum atomic E-state index is 9.92. The van der Waals surface area contributed by atoms with Crippen LogP contribution in [0.1, 0.15) is 19.8 Å². The molecule has 0 aromatic heterocycles. The summed E-state index contributed by atoms with van der Waals surface area (Å²) in [6.45, 7) is 1.58. The van der Waals surface area contributed by atoms with Crippen LogP contribution in [0.2, 0.25) is 0 Å². The highest BCUT2D eigenvalue weighted by atomic mass is 16.3. The molecule has 3 unspecified atom stereocenters. The highest BCUT2D eigenvalue weighted by Gasteiger charge is 2.14. The fourth-order valence-electron chi connectivity index (χ4n) is 0.673.